The first-order chi connectivity index (χ1) is 13.9. The number of aromatic amines is 1. The van der Waals surface area contributed by atoms with Crippen molar-refractivity contribution in [2.45, 2.75) is 0 Å². The third-order valence-electron chi connectivity index (χ3n) is 3.83. The number of methoxy groups -OCH3 is 1. The van der Waals surface area contributed by atoms with Gasteiger partial charge in [0.15, 0.2) is 12.4 Å². The van der Waals surface area contributed by atoms with Crippen molar-refractivity contribution in [3.8, 4) is 5.75 Å². The molecular formula is C21H16ClNO5S. The standard InChI is InChI=1S/C21H16ClNO5S/c1-27-20(25)12-28-16-8-2-13(3-9-16)10-18-21(26)23-19(29-18)11-17(24)14-4-6-15(22)7-5-14/h2-11H,12H2,1H3,(H,23,26)/b18-10+,19-11-. The number of halogens is 1. The number of rotatable bonds is 6. The smallest absolute Gasteiger partial charge is 0.343 e. The van der Waals surface area contributed by atoms with Gasteiger partial charge in [0.1, 0.15) is 5.75 Å². The number of carbonyl (C=O) groups is 2. The van der Waals surface area contributed by atoms with E-state index in [1.165, 1.54) is 24.5 Å². The van der Waals surface area contributed by atoms with Gasteiger partial charge in [-0.05, 0) is 48.0 Å². The van der Waals surface area contributed by atoms with Crippen LogP contribution in [-0.2, 0) is 9.53 Å². The summed E-state index contributed by atoms with van der Waals surface area (Å²) < 4.78 is 10.7. The maximum absolute atomic E-state index is 12.3. The van der Waals surface area contributed by atoms with Crippen molar-refractivity contribution >= 4 is 46.8 Å². The number of aromatic nitrogens is 1. The maximum Gasteiger partial charge on any atom is 0.343 e. The van der Waals surface area contributed by atoms with Gasteiger partial charge >= 0.3 is 5.97 Å². The van der Waals surface area contributed by atoms with Crippen LogP contribution < -0.4 is 19.5 Å². The minimum Gasteiger partial charge on any atom is -0.482 e. The zero-order valence-corrected chi connectivity index (χ0v) is 16.9. The minimum absolute atomic E-state index is 0.176. The van der Waals surface area contributed by atoms with Crippen molar-refractivity contribution in [3.63, 3.8) is 0 Å². The van der Waals surface area contributed by atoms with E-state index in [0.717, 1.165) is 5.56 Å². The molecule has 0 unspecified atom stereocenters. The van der Waals surface area contributed by atoms with Crippen molar-refractivity contribution in [1.29, 1.82) is 0 Å². The molecule has 2 aromatic carbocycles. The summed E-state index contributed by atoms with van der Waals surface area (Å²) in [5.41, 5.74) is 0.978. The molecule has 0 saturated carbocycles. The van der Waals surface area contributed by atoms with Gasteiger partial charge in [-0.3, -0.25) is 9.59 Å². The van der Waals surface area contributed by atoms with Gasteiger partial charge in [0.25, 0.3) is 5.56 Å². The van der Waals surface area contributed by atoms with E-state index in [0.29, 0.717) is 25.5 Å². The molecule has 0 amide bonds. The highest BCUT2D eigenvalue weighted by Gasteiger charge is 2.04. The number of esters is 1. The Morgan fingerprint density at radius 3 is 2.45 bits per heavy atom. The summed E-state index contributed by atoms with van der Waals surface area (Å²) in [5, 5.41) is 0.546. The summed E-state index contributed by atoms with van der Waals surface area (Å²) in [6.45, 7) is -0.176. The van der Waals surface area contributed by atoms with E-state index in [-0.39, 0.29) is 17.9 Å². The lowest BCUT2D eigenvalue weighted by molar-refractivity contribution is -0.142. The van der Waals surface area contributed by atoms with Crippen LogP contribution in [0, 0.1) is 0 Å². The predicted molar refractivity (Wildman–Crippen MR) is 112 cm³/mol. The lowest BCUT2D eigenvalue weighted by Crippen LogP contribution is -2.20. The van der Waals surface area contributed by atoms with Crippen LogP contribution in [0.1, 0.15) is 15.9 Å². The highest BCUT2D eigenvalue weighted by Crippen LogP contribution is 2.13. The molecular weight excluding hydrogens is 414 g/mol. The number of thiazole rings is 1. The van der Waals surface area contributed by atoms with E-state index in [2.05, 4.69) is 9.72 Å². The topological polar surface area (TPSA) is 85.5 Å². The van der Waals surface area contributed by atoms with Gasteiger partial charge in [-0.25, -0.2) is 4.79 Å². The first kappa shape index (κ1) is 20.6. The average Bonchev–Trinajstić information content (AvgIpc) is 3.06. The predicted octanol–water partition coefficient (Wildman–Crippen LogP) is 2.13. The number of ketones is 1. The second-order valence-corrected chi connectivity index (χ2v) is 7.40. The average molecular weight is 430 g/mol. The van der Waals surface area contributed by atoms with Crippen LogP contribution in [-0.4, -0.2) is 30.5 Å². The second-order valence-electron chi connectivity index (χ2n) is 5.88. The molecule has 3 aromatic rings. The van der Waals surface area contributed by atoms with Crippen LogP contribution in [0.15, 0.2) is 53.3 Å². The van der Waals surface area contributed by atoms with Crippen LogP contribution >= 0.6 is 22.9 Å². The fourth-order valence-electron chi connectivity index (χ4n) is 2.35. The first-order valence-corrected chi connectivity index (χ1v) is 9.66. The highest BCUT2D eigenvalue weighted by atomic mass is 35.5. The Hall–Kier alpha value is -3.16. The van der Waals surface area contributed by atoms with E-state index in [1.807, 2.05) is 0 Å². The summed E-state index contributed by atoms with van der Waals surface area (Å²) >= 11 is 7.01. The van der Waals surface area contributed by atoms with Crippen molar-refractivity contribution in [3.05, 3.63) is 84.2 Å². The van der Waals surface area contributed by atoms with Gasteiger partial charge in [-0.15, -0.1) is 11.3 Å². The molecule has 1 heterocycles. The summed E-state index contributed by atoms with van der Waals surface area (Å²) in [6, 6.07) is 13.4. The van der Waals surface area contributed by atoms with E-state index >= 15 is 0 Å². The fourth-order valence-corrected chi connectivity index (χ4v) is 3.37. The Labute approximate surface area is 174 Å². The molecule has 148 valence electrons. The van der Waals surface area contributed by atoms with Gasteiger partial charge in [0.05, 0.1) is 16.3 Å². The molecule has 0 aliphatic rings. The van der Waals surface area contributed by atoms with Crippen molar-refractivity contribution in [2.75, 3.05) is 13.7 Å². The molecule has 1 N–H and O–H groups in total. The summed E-state index contributed by atoms with van der Waals surface area (Å²) in [7, 11) is 1.29. The van der Waals surface area contributed by atoms with E-state index < -0.39 is 5.97 Å². The molecule has 0 aliphatic carbocycles. The molecule has 29 heavy (non-hydrogen) atoms. The first-order valence-electron chi connectivity index (χ1n) is 8.47. The van der Waals surface area contributed by atoms with Crippen molar-refractivity contribution in [1.82, 2.24) is 4.98 Å². The van der Waals surface area contributed by atoms with Crippen molar-refractivity contribution in [2.24, 2.45) is 0 Å². The number of Topliss-reactive ketones (excluding diaryl/α,β-unsaturated/α-hetero) is 1. The van der Waals surface area contributed by atoms with Crippen LogP contribution in [0.3, 0.4) is 0 Å². The quantitative estimate of drug-likeness (QED) is 0.479. The molecule has 0 radical (unpaired) electrons. The molecule has 0 saturated heterocycles. The minimum atomic E-state index is -0.470. The van der Waals surface area contributed by atoms with E-state index in [9.17, 15) is 14.4 Å². The third kappa shape index (κ3) is 5.66. The Kier molecular flexibility index (Phi) is 6.64. The molecule has 0 aliphatic heterocycles. The van der Waals surface area contributed by atoms with Crippen LogP contribution in [0.4, 0.5) is 0 Å². The highest BCUT2D eigenvalue weighted by molar-refractivity contribution is 7.07. The van der Waals surface area contributed by atoms with Gasteiger partial charge < -0.3 is 14.5 Å². The number of hydrogen-bond acceptors (Lipinski definition) is 6. The van der Waals surface area contributed by atoms with Crippen LogP contribution in [0.5, 0.6) is 5.75 Å². The molecule has 1 aromatic heterocycles. The monoisotopic (exact) mass is 429 g/mol. The molecule has 6 nitrogen and oxygen atoms in total. The summed E-state index contributed by atoms with van der Waals surface area (Å²) in [5.74, 6) is -0.185. The largest absolute Gasteiger partial charge is 0.482 e. The maximum atomic E-state index is 12.3. The summed E-state index contributed by atoms with van der Waals surface area (Å²) in [4.78, 5) is 38.3. The van der Waals surface area contributed by atoms with Gasteiger partial charge in [-0.1, -0.05) is 23.7 Å². The Morgan fingerprint density at radius 1 is 1.10 bits per heavy atom. The summed E-state index contributed by atoms with van der Waals surface area (Å²) in [6.07, 6.45) is 3.09. The number of benzene rings is 2. The van der Waals surface area contributed by atoms with Gasteiger partial charge in [0, 0.05) is 16.7 Å². The van der Waals surface area contributed by atoms with E-state index in [4.69, 9.17) is 16.3 Å². The molecule has 3 rings (SSSR count). The van der Waals surface area contributed by atoms with Gasteiger partial charge in [-0.2, -0.15) is 0 Å². The normalized spacial score (nSPS) is 12.1. The zero-order chi connectivity index (χ0) is 20.8. The molecule has 0 spiro atoms. The number of hydrogen-bond donors (Lipinski definition) is 1. The van der Waals surface area contributed by atoms with E-state index in [1.54, 1.807) is 54.6 Å². The molecule has 8 heteroatoms. The Morgan fingerprint density at radius 2 is 1.79 bits per heavy atom. The lowest BCUT2D eigenvalue weighted by Gasteiger charge is -2.04. The SMILES string of the molecule is COC(=O)COc1ccc(/C=c2/s/c(=C\C(=O)c3ccc(Cl)cc3)[nH]c2=O)cc1. The Bertz CT molecular complexity index is 1190. The van der Waals surface area contributed by atoms with Crippen LogP contribution in [0.2, 0.25) is 5.02 Å². The second kappa shape index (κ2) is 9.36. The molecule has 0 bridgehead atoms. The molecule has 0 atom stereocenters. The third-order valence-corrected chi connectivity index (χ3v) is 5.05. The number of ether oxygens (including phenoxy) is 2. The fraction of sp³-hybridized carbons (Fsp3) is 0.0952. The lowest BCUT2D eigenvalue weighted by atomic mass is 10.1. The number of nitrogens with one attached hydrogen (secondary N) is 1. The zero-order valence-electron chi connectivity index (χ0n) is 15.3. The van der Waals surface area contributed by atoms with Crippen LogP contribution in [0.25, 0.3) is 12.2 Å². The number of carbonyl (C=O) groups excluding carboxylic acids is 2. The number of H-pyrrole nitrogens is 1. The van der Waals surface area contributed by atoms with Gasteiger partial charge in [0.2, 0.25) is 0 Å². The Balaban J connectivity index is 1.79. The molecule has 0 fully saturated rings. The van der Waals surface area contributed by atoms with Crippen molar-refractivity contribution < 1.29 is 19.1 Å².